The molecule has 0 radical (unpaired) electrons. The van der Waals surface area contributed by atoms with Crippen LogP contribution in [0.1, 0.15) is 18.6 Å². The lowest BCUT2D eigenvalue weighted by atomic mass is 10.2. The van der Waals surface area contributed by atoms with Crippen LogP contribution in [0.5, 0.6) is 5.75 Å². The van der Waals surface area contributed by atoms with Gasteiger partial charge in [0, 0.05) is 11.1 Å². The number of aliphatic hydroxyl groups is 1. The number of ether oxygens (including phenoxy) is 1. The van der Waals surface area contributed by atoms with Gasteiger partial charge in [-0.3, -0.25) is 0 Å². The first-order valence-electron chi connectivity index (χ1n) is 5.65. The van der Waals surface area contributed by atoms with Gasteiger partial charge in [-0.05, 0) is 48.9 Å². The van der Waals surface area contributed by atoms with Gasteiger partial charge in [-0.2, -0.15) is 0 Å². The molecule has 0 fully saturated rings. The largest absolute Gasteiger partial charge is 0.497 e. The average molecular weight is 261 g/mol. The van der Waals surface area contributed by atoms with E-state index >= 15 is 0 Å². The first-order valence-corrected chi connectivity index (χ1v) is 6.46. The van der Waals surface area contributed by atoms with Crippen molar-refractivity contribution in [2.75, 3.05) is 7.11 Å². The van der Waals surface area contributed by atoms with Crippen LogP contribution in [0.2, 0.25) is 0 Å². The van der Waals surface area contributed by atoms with Crippen molar-refractivity contribution in [3.8, 4) is 5.75 Å². The number of methoxy groups -OCH3 is 1. The lowest BCUT2D eigenvalue weighted by molar-refractivity contribution is 0.199. The van der Waals surface area contributed by atoms with Crippen molar-refractivity contribution in [1.29, 1.82) is 0 Å². The summed E-state index contributed by atoms with van der Waals surface area (Å²) in [5.41, 5.74) is 0.876. The maximum atomic E-state index is 9.53. The third-order valence-corrected chi connectivity index (χ3v) is 3.46. The molecule has 1 aromatic carbocycles. The molecule has 0 bridgehead atoms. The normalized spacial score (nSPS) is 12.2. The quantitative estimate of drug-likeness (QED) is 0.917. The minimum absolute atomic E-state index is 0.469. The minimum atomic E-state index is -0.469. The molecule has 0 amide bonds. The highest BCUT2D eigenvalue weighted by atomic mass is 32.2. The molecular formula is C14H15NO2S. The number of pyridine rings is 1. The zero-order valence-corrected chi connectivity index (χ0v) is 11.1. The molecule has 1 N–H and O–H groups in total. The predicted octanol–water partition coefficient (Wildman–Crippen LogP) is 3.29. The van der Waals surface area contributed by atoms with Crippen LogP contribution in [0.25, 0.3) is 0 Å². The van der Waals surface area contributed by atoms with Crippen molar-refractivity contribution >= 4 is 11.8 Å². The van der Waals surface area contributed by atoms with Crippen molar-refractivity contribution in [2.45, 2.75) is 22.9 Å². The molecule has 1 unspecified atom stereocenters. The number of rotatable bonds is 4. The number of benzene rings is 1. The second-order valence-electron chi connectivity index (χ2n) is 3.88. The van der Waals surface area contributed by atoms with Crippen LogP contribution in [0.3, 0.4) is 0 Å². The number of aliphatic hydroxyl groups excluding tert-OH is 1. The fraction of sp³-hybridized carbons (Fsp3) is 0.214. The summed E-state index contributed by atoms with van der Waals surface area (Å²) in [6.07, 6.45) is 1.25. The Hall–Kier alpha value is -1.52. The second kappa shape index (κ2) is 5.89. The highest BCUT2D eigenvalue weighted by Gasteiger charge is 2.04. The van der Waals surface area contributed by atoms with Gasteiger partial charge in [0.1, 0.15) is 10.8 Å². The van der Waals surface area contributed by atoms with Gasteiger partial charge < -0.3 is 9.84 Å². The summed E-state index contributed by atoms with van der Waals surface area (Å²) in [5, 5.41) is 10.4. The summed E-state index contributed by atoms with van der Waals surface area (Å²) in [4.78, 5) is 5.37. The summed E-state index contributed by atoms with van der Waals surface area (Å²) < 4.78 is 5.11. The SMILES string of the molecule is COc1ccc(Sc2cc(C(C)O)ccn2)cc1. The molecule has 2 aromatic rings. The molecule has 0 aliphatic heterocycles. The molecule has 0 aliphatic rings. The number of nitrogens with zero attached hydrogens (tertiary/aromatic N) is 1. The van der Waals surface area contributed by atoms with Gasteiger partial charge in [0.05, 0.1) is 13.2 Å². The molecular weight excluding hydrogens is 246 g/mol. The van der Waals surface area contributed by atoms with E-state index in [1.807, 2.05) is 36.4 Å². The molecule has 0 spiro atoms. The molecule has 2 rings (SSSR count). The van der Waals surface area contributed by atoms with Crippen LogP contribution < -0.4 is 4.74 Å². The molecule has 1 heterocycles. The first kappa shape index (κ1) is 12.9. The van der Waals surface area contributed by atoms with Gasteiger partial charge >= 0.3 is 0 Å². The van der Waals surface area contributed by atoms with Crippen LogP contribution >= 0.6 is 11.8 Å². The van der Waals surface area contributed by atoms with E-state index in [1.165, 1.54) is 0 Å². The van der Waals surface area contributed by atoms with Gasteiger partial charge in [0.2, 0.25) is 0 Å². The summed E-state index contributed by atoms with van der Waals surface area (Å²) in [6.45, 7) is 1.75. The summed E-state index contributed by atoms with van der Waals surface area (Å²) in [5.74, 6) is 0.838. The number of hydrogen-bond donors (Lipinski definition) is 1. The third-order valence-electron chi connectivity index (χ3n) is 2.52. The lowest BCUT2D eigenvalue weighted by Gasteiger charge is -2.07. The predicted molar refractivity (Wildman–Crippen MR) is 72.0 cm³/mol. The van der Waals surface area contributed by atoms with E-state index in [9.17, 15) is 5.11 Å². The summed E-state index contributed by atoms with van der Waals surface area (Å²) in [6, 6.07) is 11.5. The number of hydrogen-bond acceptors (Lipinski definition) is 4. The van der Waals surface area contributed by atoms with E-state index < -0.39 is 6.10 Å². The van der Waals surface area contributed by atoms with Crippen LogP contribution in [0.4, 0.5) is 0 Å². The monoisotopic (exact) mass is 261 g/mol. The van der Waals surface area contributed by atoms with Gasteiger partial charge in [0.15, 0.2) is 0 Å². The average Bonchev–Trinajstić information content (AvgIpc) is 2.40. The Morgan fingerprint density at radius 2 is 1.94 bits per heavy atom. The molecule has 0 saturated carbocycles. The van der Waals surface area contributed by atoms with Crippen LogP contribution in [-0.2, 0) is 0 Å². The lowest BCUT2D eigenvalue weighted by Crippen LogP contribution is -1.92. The molecule has 18 heavy (non-hydrogen) atoms. The van der Waals surface area contributed by atoms with Crippen LogP contribution in [0, 0.1) is 0 Å². The highest BCUT2D eigenvalue weighted by Crippen LogP contribution is 2.28. The summed E-state index contributed by atoms with van der Waals surface area (Å²) >= 11 is 1.56. The molecule has 1 atom stereocenters. The maximum absolute atomic E-state index is 9.53. The van der Waals surface area contributed by atoms with Crippen LogP contribution in [-0.4, -0.2) is 17.2 Å². The molecule has 0 aliphatic carbocycles. The van der Waals surface area contributed by atoms with E-state index in [0.29, 0.717) is 0 Å². The van der Waals surface area contributed by atoms with Crippen molar-refractivity contribution in [2.24, 2.45) is 0 Å². The van der Waals surface area contributed by atoms with Gasteiger partial charge in [-0.25, -0.2) is 4.98 Å². The van der Waals surface area contributed by atoms with E-state index in [2.05, 4.69) is 4.98 Å². The standard InChI is InChI=1S/C14H15NO2S/c1-10(16)11-7-8-15-14(9-11)18-13-5-3-12(17-2)4-6-13/h3-10,16H,1-2H3. The molecule has 3 nitrogen and oxygen atoms in total. The van der Waals surface area contributed by atoms with Crippen molar-refractivity contribution in [3.63, 3.8) is 0 Å². The minimum Gasteiger partial charge on any atom is -0.497 e. The van der Waals surface area contributed by atoms with Crippen molar-refractivity contribution in [1.82, 2.24) is 4.98 Å². The second-order valence-corrected chi connectivity index (χ2v) is 4.97. The number of aromatic nitrogens is 1. The Kier molecular flexibility index (Phi) is 4.23. The fourth-order valence-electron chi connectivity index (χ4n) is 1.50. The molecule has 0 saturated heterocycles. The Bertz CT molecular complexity index is 511. The fourth-order valence-corrected chi connectivity index (χ4v) is 2.33. The maximum Gasteiger partial charge on any atom is 0.118 e. The smallest absolute Gasteiger partial charge is 0.118 e. The van der Waals surface area contributed by atoms with Crippen molar-refractivity contribution < 1.29 is 9.84 Å². The topological polar surface area (TPSA) is 42.4 Å². The van der Waals surface area contributed by atoms with E-state index in [0.717, 1.165) is 21.2 Å². The van der Waals surface area contributed by atoms with E-state index in [4.69, 9.17) is 4.74 Å². The molecule has 1 aromatic heterocycles. The van der Waals surface area contributed by atoms with E-state index in [1.54, 1.807) is 32.0 Å². The summed E-state index contributed by atoms with van der Waals surface area (Å²) in [7, 11) is 1.65. The van der Waals surface area contributed by atoms with E-state index in [-0.39, 0.29) is 0 Å². The zero-order chi connectivity index (χ0) is 13.0. The Morgan fingerprint density at radius 1 is 1.22 bits per heavy atom. The highest BCUT2D eigenvalue weighted by molar-refractivity contribution is 7.99. The van der Waals surface area contributed by atoms with Crippen molar-refractivity contribution in [3.05, 3.63) is 48.2 Å². The first-order chi connectivity index (χ1) is 8.69. The third kappa shape index (κ3) is 3.24. The van der Waals surface area contributed by atoms with Gasteiger partial charge in [-0.15, -0.1) is 0 Å². The Morgan fingerprint density at radius 3 is 2.56 bits per heavy atom. The van der Waals surface area contributed by atoms with Gasteiger partial charge in [0.25, 0.3) is 0 Å². The van der Waals surface area contributed by atoms with Crippen LogP contribution in [0.15, 0.2) is 52.5 Å². The Labute approximate surface area is 111 Å². The Balaban J connectivity index is 2.15. The van der Waals surface area contributed by atoms with Gasteiger partial charge in [-0.1, -0.05) is 11.8 Å². The zero-order valence-electron chi connectivity index (χ0n) is 10.3. The molecule has 4 heteroatoms. The molecule has 94 valence electrons.